The Balaban J connectivity index is 2.18. The number of allylic oxidation sites excluding steroid dienone is 1. The molecule has 56 heavy (non-hydrogen) atoms. The number of carbonyl (C=O) groups is 3. The minimum atomic E-state index is -0.0804. The second kappa shape index (κ2) is 38.0. The Bertz CT molecular complexity index is 1100. The zero-order valence-corrected chi connectivity index (χ0v) is 36.8. The number of hydrogen-bond donors (Lipinski definition) is 1. The van der Waals surface area contributed by atoms with Crippen LogP contribution in [0.15, 0.2) is 29.8 Å². The molecule has 1 aliphatic rings. The first kappa shape index (κ1) is 51.5. The molecule has 1 N–H and O–H groups in total. The molecule has 1 rings (SSSR count). The molecule has 0 radical (unpaired) electrons. The Morgan fingerprint density at radius 2 is 1.12 bits per heavy atom. The first-order valence-electron chi connectivity index (χ1n) is 23.6. The van der Waals surface area contributed by atoms with Crippen molar-refractivity contribution < 1.29 is 23.9 Å². The average molecular weight is 783 g/mol. The van der Waals surface area contributed by atoms with Gasteiger partial charge in [0.05, 0.1) is 19.8 Å². The first-order valence-corrected chi connectivity index (χ1v) is 23.6. The van der Waals surface area contributed by atoms with Crippen LogP contribution < -0.4 is 5.32 Å². The number of rotatable bonds is 38. The lowest BCUT2D eigenvalue weighted by atomic mass is 9.98. The average Bonchev–Trinajstić information content (AvgIpc) is 3.69. The predicted octanol–water partition coefficient (Wildman–Crippen LogP) is 12.5. The van der Waals surface area contributed by atoms with Crippen LogP contribution in [0, 0.1) is 11.8 Å². The van der Waals surface area contributed by atoms with Gasteiger partial charge in [-0.25, -0.2) is 0 Å². The molecular formula is C49H86N2O5. The van der Waals surface area contributed by atoms with Gasteiger partial charge in [0.25, 0.3) is 0 Å². The minimum absolute atomic E-state index is 0.0314. The van der Waals surface area contributed by atoms with Gasteiger partial charge in [-0.1, -0.05) is 154 Å². The number of unbranched alkanes of at least 4 members (excludes halogenated alkanes) is 16. The number of nitrogens with one attached hydrogen (secondary N) is 1. The van der Waals surface area contributed by atoms with Gasteiger partial charge >= 0.3 is 11.9 Å². The van der Waals surface area contributed by atoms with Gasteiger partial charge in [-0.3, -0.25) is 19.3 Å². The van der Waals surface area contributed by atoms with Crippen LogP contribution in [0.2, 0.25) is 0 Å². The molecule has 1 heterocycles. The van der Waals surface area contributed by atoms with Crippen LogP contribution in [-0.2, 0) is 23.9 Å². The van der Waals surface area contributed by atoms with Gasteiger partial charge in [0, 0.05) is 18.9 Å². The summed E-state index contributed by atoms with van der Waals surface area (Å²) in [7, 11) is 0. The van der Waals surface area contributed by atoms with Crippen LogP contribution >= 0.6 is 0 Å². The van der Waals surface area contributed by atoms with Crippen LogP contribution in [0.5, 0.6) is 0 Å². The predicted molar refractivity (Wildman–Crippen MR) is 234 cm³/mol. The van der Waals surface area contributed by atoms with Gasteiger partial charge in [0.15, 0.2) is 0 Å². The Hall–Kier alpha value is -2.55. The maximum absolute atomic E-state index is 12.9. The van der Waals surface area contributed by atoms with Crippen molar-refractivity contribution in [1.82, 2.24) is 10.2 Å². The molecule has 7 heteroatoms. The molecule has 0 aromatic heterocycles. The SMILES string of the molecule is C=C=C=C=CC(CCCCC)CCOC(=O)CCCCCCCCCC(CCCCCCCCCC(=O)OCCC(C)CCCCC)NC(=O)CN1CCCC1. The number of esters is 2. The van der Waals surface area contributed by atoms with E-state index in [1.54, 1.807) is 0 Å². The maximum Gasteiger partial charge on any atom is 0.305 e. The summed E-state index contributed by atoms with van der Waals surface area (Å²) in [5.74, 6) is 1.06. The summed E-state index contributed by atoms with van der Waals surface area (Å²) >= 11 is 0. The number of ether oxygens (including phenoxy) is 2. The van der Waals surface area contributed by atoms with Crippen molar-refractivity contribution in [1.29, 1.82) is 0 Å². The lowest BCUT2D eigenvalue weighted by molar-refractivity contribution is -0.145. The van der Waals surface area contributed by atoms with Crippen molar-refractivity contribution in [2.75, 3.05) is 32.8 Å². The minimum Gasteiger partial charge on any atom is -0.466 e. The number of nitrogens with zero attached hydrogens (tertiary/aromatic N) is 1. The summed E-state index contributed by atoms with van der Waals surface area (Å²) in [4.78, 5) is 39.5. The lowest BCUT2D eigenvalue weighted by Gasteiger charge is -2.21. The fourth-order valence-corrected chi connectivity index (χ4v) is 7.70. The Kier molecular flexibility index (Phi) is 34.9. The molecule has 1 saturated heterocycles. The molecule has 1 amide bonds. The van der Waals surface area contributed by atoms with Crippen molar-refractivity contribution in [3.8, 4) is 0 Å². The van der Waals surface area contributed by atoms with Crippen molar-refractivity contribution in [2.45, 2.75) is 219 Å². The Morgan fingerprint density at radius 1 is 0.643 bits per heavy atom. The van der Waals surface area contributed by atoms with Crippen molar-refractivity contribution in [2.24, 2.45) is 11.8 Å². The molecule has 1 aliphatic heterocycles. The van der Waals surface area contributed by atoms with Crippen LogP contribution in [0.3, 0.4) is 0 Å². The van der Waals surface area contributed by atoms with Gasteiger partial charge in [-0.05, 0) is 101 Å². The summed E-state index contributed by atoms with van der Waals surface area (Å²) in [6.45, 7) is 13.9. The fraction of sp³-hybridized carbons (Fsp3) is 0.837. The molecule has 0 bridgehead atoms. The molecule has 0 spiro atoms. The van der Waals surface area contributed by atoms with Crippen molar-refractivity contribution in [3.63, 3.8) is 0 Å². The highest BCUT2D eigenvalue weighted by Gasteiger charge is 2.18. The fourth-order valence-electron chi connectivity index (χ4n) is 7.70. The van der Waals surface area contributed by atoms with E-state index < -0.39 is 0 Å². The molecule has 7 nitrogen and oxygen atoms in total. The topological polar surface area (TPSA) is 84.9 Å². The molecule has 322 valence electrons. The van der Waals surface area contributed by atoms with E-state index in [4.69, 9.17) is 9.47 Å². The molecule has 3 unspecified atom stereocenters. The number of amides is 1. The summed E-state index contributed by atoms with van der Waals surface area (Å²) < 4.78 is 11.0. The summed E-state index contributed by atoms with van der Waals surface area (Å²) in [5.41, 5.74) is 8.38. The van der Waals surface area contributed by atoms with Crippen LogP contribution in [0.4, 0.5) is 0 Å². The van der Waals surface area contributed by atoms with E-state index in [0.29, 0.717) is 44.4 Å². The summed E-state index contributed by atoms with van der Waals surface area (Å²) in [6, 6.07) is 0.268. The second-order valence-electron chi connectivity index (χ2n) is 16.8. The summed E-state index contributed by atoms with van der Waals surface area (Å²) in [6.07, 6.45) is 34.9. The Labute approximate surface area is 345 Å². The number of carbonyl (C=O) groups excluding carboxylic acids is 3. The summed E-state index contributed by atoms with van der Waals surface area (Å²) in [5, 5.41) is 3.40. The van der Waals surface area contributed by atoms with E-state index in [2.05, 4.69) is 54.8 Å². The second-order valence-corrected chi connectivity index (χ2v) is 16.8. The largest absolute Gasteiger partial charge is 0.466 e. The van der Waals surface area contributed by atoms with Gasteiger partial charge in [-0.2, -0.15) is 0 Å². The van der Waals surface area contributed by atoms with E-state index >= 15 is 0 Å². The smallest absolute Gasteiger partial charge is 0.305 e. The van der Waals surface area contributed by atoms with Crippen LogP contribution in [-0.4, -0.2) is 61.6 Å². The number of likely N-dealkylation sites (tertiary alicyclic amines) is 1. The van der Waals surface area contributed by atoms with Crippen molar-refractivity contribution >= 4 is 17.8 Å². The van der Waals surface area contributed by atoms with Crippen molar-refractivity contribution in [3.05, 3.63) is 29.8 Å². The molecule has 0 saturated carbocycles. The van der Waals surface area contributed by atoms with Crippen LogP contribution in [0.25, 0.3) is 0 Å². The van der Waals surface area contributed by atoms with E-state index in [-0.39, 0.29) is 23.9 Å². The molecule has 0 aromatic carbocycles. The first-order chi connectivity index (χ1) is 27.4. The third-order valence-corrected chi connectivity index (χ3v) is 11.4. The van der Waals surface area contributed by atoms with Gasteiger partial charge in [0.2, 0.25) is 5.91 Å². The van der Waals surface area contributed by atoms with Gasteiger partial charge in [0.1, 0.15) is 0 Å². The zero-order chi connectivity index (χ0) is 40.7. The lowest BCUT2D eigenvalue weighted by Crippen LogP contribution is -2.41. The standard InChI is InChI=1S/C49H86N2O5/c1-5-8-21-30-44(4)37-41-55-48(53)35-26-19-15-11-13-17-24-33-46(50-47(52)43-51-39-28-29-40-51)34-25-18-14-12-16-20-27-36-49(54)56-42-38-45(31-22-9-6-2)32-23-10-7-3/h31,44-46H,2,5,7-8,10-21,23-30,32-43H2,1,3-4H3,(H,50,52). The van der Waals surface area contributed by atoms with E-state index in [0.717, 1.165) is 90.1 Å². The van der Waals surface area contributed by atoms with Gasteiger partial charge < -0.3 is 14.8 Å². The monoisotopic (exact) mass is 783 g/mol. The molecule has 3 atom stereocenters. The number of hydrogen-bond acceptors (Lipinski definition) is 6. The third-order valence-electron chi connectivity index (χ3n) is 11.4. The zero-order valence-electron chi connectivity index (χ0n) is 36.8. The molecule has 1 fully saturated rings. The third kappa shape index (κ3) is 32.5. The van der Waals surface area contributed by atoms with E-state index in [9.17, 15) is 14.4 Å². The quantitative estimate of drug-likeness (QED) is 0.0381. The Morgan fingerprint density at radius 3 is 1.66 bits per heavy atom. The normalized spacial score (nSPS) is 14.3. The molecule has 0 aliphatic carbocycles. The molecular weight excluding hydrogens is 697 g/mol. The highest BCUT2D eigenvalue weighted by Crippen LogP contribution is 2.18. The van der Waals surface area contributed by atoms with Gasteiger partial charge in [-0.15, -0.1) is 0 Å². The van der Waals surface area contributed by atoms with Crippen LogP contribution in [0.1, 0.15) is 213 Å². The maximum atomic E-state index is 12.9. The highest BCUT2D eigenvalue weighted by molar-refractivity contribution is 5.78. The van der Waals surface area contributed by atoms with E-state index in [1.807, 2.05) is 6.08 Å². The highest BCUT2D eigenvalue weighted by atomic mass is 16.5. The van der Waals surface area contributed by atoms with E-state index in [1.165, 1.54) is 103 Å². The molecule has 0 aromatic rings.